The van der Waals surface area contributed by atoms with Crippen molar-refractivity contribution in [3.63, 3.8) is 0 Å². The Labute approximate surface area is 148 Å². The summed E-state index contributed by atoms with van der Waals surface area (Å²) in [6, 6.07) is 11.1. The van der Waals surface area contributed by atoms with Gasteiger partial charge in [0, 0.05) is 35.8 Å². The molecule has 2 aromatic carbocycles. The number of fused-ring (bicyclic) bond motifs is 1. The lowest BCUT2D eigenvalue weighted by Gasteiger charge is -2.06. The number of nitro groups is 1. The summed E-state index contributed by atoms with van der Waals surface area (Å²) in [7, 11) is 1.61. The van der Waals surface area contributed by atoms with Gasteiger partial charge in [-0.2, -0.15) is 0 Å². The fourth-order valence-corrected chi connectivity index (χ4v) is 2.57. The topological polar surface area (TPSA) is 106 Å². The van der Waals surface area contributed by atoms with Crippen LogP contribution in [0.2, 0.25) is 0 Å². The van der Waals surface area contributed by atoms with Crippen LogP contribution in [-0.2, 0) is 6.42 Å². The third-order valence-corrected chi connectivity index (χ3v) is 3.90. The molecule has 0 aliphatic heterocycles. The van der Waals surface area contributed by atoms with Crippen molar-refractivity contribution in [2.45, 2.75) is 6.42 Å². The van der Waals surface area contributed by atoms with E-state index in [0.29, 0.717) is 13.0 Å². The van der Waals surface area contributed by atoms with Gasteiger partial charge in [-0.3, -0.25) is 10.1 Å². The molecule has 1 amide bonds. The van der Waals surface area contributed by atoms with Crippen LogP contribution >= 0.6 is 0 Å². The van der Waals surface area contributed by atoms with Crippen molar-refractivity contribution in [3.05, 3.63) is 64.3 Å². The van der Waals surface area contributed by atoms with Gasteiger partial charge < -0.3 is 19.8 Å². The van der Waals surface area contributed by atoms with Crippen LogP contribution in [0.1, 0.15) is 5.56 Å². The van der Waals surface area contributed by atoms with E-state index in [4.69, 9.17) is 9.47 Å². The van der Waals surface area contributed by atoms with E-state index in [0.717, 1.165) is 22.2 Å². The number of aromatic amines is 1. The van der Waals surface area contributed by atoms with E-state index in [-0.39, 0.29) is 11.4 Å². The normalized spacial score (nSPS) is 10.5. The van der Waals surface area contributed by atoms with Crippen molar-refractivity contribution in [1.29, 1.82) is 0 Å². The van der Waals surface area contributed by atoms with Crippen molar-refractivity contribution >= 4 is 22.7 Å². The summed E-state index contributed by atoms with van der Waals surface area (Å²) in [5, 5.41) is 14.3. The maximum Gasteiger partial charge on any atom is 0.412 e. The summed E-state index contributed by atoms with van der Waals surface area (Å²) < 4.78 is 10.3. The smallest absolute Gasteiger partial charge is 0.412 e. The number of benzene rings is 2. The van der Waals surface area contributed by atoms with Crippen molar-refractivity contribution in [3.8, 4) is 11.5 Å². The van der Waals surface area contributed by atoms with Crippen molar-refractivity contribution in [2.24, 2.45) is 0 Å². The van der Waals surface area contributed by atoms with Gasteiger partial charge in [0.1, 0.15) is 11.5 Å². The minimum absolute atomic E-state index is 0.0625. The second-order valence-electron chi connectivity index (χ2n) is 5.54. The molecule has 1 aromatic heterocycles. The summed E-state index contributed by atoms with van der Waals surface area (Å²) in [5.74, 6) is 1.01. The molecule has 134 valence electrons. The first kappa shape index (κ1) is 17.3. The zero-order valence-electron chi connectivity index (χ0n) is 14.0. The predicted octanol–water partition coefficient (Wildman–Crippen LogP) is 3.42. The van der Waals surface area contributed by atoms with E-state index in [2.05, 4.69) is 10.3 Å². The van der Waals surface area contributed by atoms with Crippen LogP contribution in [-0.4, -0.2) is 29.7 Å². The molecule has 2 N–H and O–H groups in total. The van der Waals surface area contributed by atoms with E-state index >= 15 is 0 Å². The number of H-pyrrole nitrogens is 1. The molecule has 8 nitrogen and oxygen atoms in total. The van der Waals surface area contributed by atoms with E-state index in [1.54, 1.807) is 7.11 Å². The van der Waals surface area contributed by atoms with Crippen molar-refractivity contribution in [2.75, 3.05) is 13.7 Å². The van der Waals surface area contributed by atoms with Crippen LogP contribution in [0.25, 0.3) is 10.9 Å². The Morgan fingerprint density at radius 1 is 1.19 bits per heavy atom. The molecule has 0 spiro atoms. The Hall–Kier alpha value is -3.55. The molecule has 3 aromatic rings. The Balaban J connectivity index is 1.54. The van der Waals surface area contributed by atoms with Gasteiger partial charge in [0.15, 0.2) is 0 Å². The number of hydrogen-bond donors (Lipinski definition) is 2. The van der Waals surface area contributed by atoms with Crippen molar-refractivity contribution < 1.29 is 19.2 Å². The Bertz CT molecular complexity index is 934. The van der Waals surface area contributed by atoms with Gasteiger partial charge in [-0.25, -0.2) is 4.79 Å². The largest absolute Gasteiger partial charge is 0.497 e. The average molecular weight is 355 g/mol. The fourth-order valence-electron chi connectivity index (χ4n) is 2.57. The average Bonchev–Trinajstić information content (AvgIpc) is 3.04. The Kier molecular flexibility index (Phi) is 5.02. The molecule has 8 heteroatoms. The van der Waals surface area contributed by atoms with Crippen molar-refractivity contribution in [1.82, 2.24) is 10.3 Å². The monoisotopic (exact) mass is 355 g/mol. The highest BCUT2D eigenvalue weighted by Crippen LogP contribution is 2.23. The van der Waals surface area contributed by atoms with Crippen LogP contribution in [0.5, 0.6) is 11.5 Å². The Morgan fingerprint density at radius 2 is 1.92 bits per heavy atom. The number of nitrogens with zero attached hydrogens (tertiary/aromatic N) is 1. The number of carbonyl (C=O) groups excluding carboxylic acids is 1. The zero-order chi connectivity index (χ0) is 18.5. The summed E-state index contributed by atoms with van der Waals surface area (Å²) in [5.41, 5.74) is 1.98. The number of rotatable bonds is 6. The van der Waals surface area contributed by atoms with Gasteiger partial charge >= 0.3 is 6.09 Å². The quantitative estimate of drug-likeness (QED) is 0.520. The molecule has 0 aliphatic rings. The molecular weight excluding hydrogens is 338 g/mol. The lowest BCUT2D eigenvalue weighted by Crippen LogP contribution is -2.28. The maximum atomic E-state index is 11.8. The van der Waals surface area contributed by atoms with Gasteiger partial charge in [0.05, 0.1) is 12.0 Å². The van der Waals surface area contributed by atoms with Crippen LogP contribution in [0.4, 0.5) is 10.5 Å². The van der Waals surface area contributed by atoms with E-state index in [1.165, 1.54) is 24.3 Å². The second-order valence-corrected chi connectivity index (χ2v) is 5.54. The summed E-state index contributed by atoms with van der Waals surface area (Å²) in [6.45, 7) is 0.385. The molecule has 0 atom stereocenters. The maximum absolute atomic E-state index is 11.8. The zero-order valence-corrected chi connectivity index (χ0v) is 14.0. The number of hydrogen-bond acceptors (Lipinski definition) is 5. The first-order chi connectivity index (χ1) is 12.6. The molecule has 0 bridgehead atoms. The number of aromatic nitrogens is 1. The number of carbonyl (C=O) groups is 1. The number of amides is 1. The molecule has 0 aliphatic carbocycles. The van der Waals surface area contributed by atoms with E-state index < -0.39 is 11.0 Å². The molecule has 0 radical (unpaired) electrons. The van der Waals surface area contributed by atoms with E-state index in [1.807, 2.05) is 24.4 Å². The first-order valence-corrected chi connectivity index (χ1v) is 7.91. The van der Waals surface area contributed by atoms with E-state index in [9.17, 15) is 14.9 Å². The van der Waals surface area contributed by atoms with Crippen LogP contribution in [0.15, 0.2) is 48.7 Å². The fraction of sp³-hybridized carbons (Fsp3) is 0.167. The molecule has 26 heavy (non-hydrogen) atoms. The molecular formula is C18H17N3O5. The lowest BCUT2D eigenvalue weighted by atomic mass is 10.1. The number of non-ortho nitro benzene ring substituents is 1. The SMILES string of the molecule is COc1ccc2[nH]cc(CCNC(=O)Oc3ccc([N+](=O)[O-])cc3)c2c1. The molecule has 0 saturated heterocycles. The predicted molar refractivity (Wildman–Crippen MR) is 95.7 cm³/mol. The molecule has 0 fully saturated rings. The minimum atomic E-state index is -0.615. The van der Waals surface area contributed by atoms with Gasteiger partial charge in [-0.1, -0.05) is 0 Å². The highest BCUT2D eigenvalue weighted by molar-refractivity contribution is 5.84. The minimum Gasteiger partial charge on any atom is -0.497 e. The van der Waals surface area contributed by atoms with Crippen LogP contribution < -0.4 is 14.8 Å². The van der Waals surface area contributed by atoms with Gasteiger partial charge in [-0.15, -0.1) is 0 Å². The van der Waals surface area contributed by atoms with Crippen LogP contribution in [0.3, 0.4) is 0 Å². The summed E-state index contributed by atoms with van der Waals surface area (Å²) in [4.78, 5) is 25.1. The lowest BCUT2D eigenvalue weighted by molar-refractivity contribution is -0.384. The highest BCUT2D eigenvalue weighted by Gasteiger charge is 2.09. The third-order valence-electron chi connectivity index (χ3n) is 3.90. The summed E-state index contributed by atoms with van der Waals surface area (Å²) in [6.07, 6.45) is 1.90. The first-order valence-electron chi connectivity index (χ1n) is 7.91. The molecule has 0 unspecified atom stereocenters. The standard InChI is InChI=1S/C18H17N3O5/c1-25-15-6-7-17-16(10-15)12(11-20-17)8-9-19-18(22)26-14-4-2-13(3-5-14)21(23)24/h2-7,10-11,20H,8-9H2,1H3,(H,19,22). The number of methoxy groups -OCH3 is 1. The number of nitro benzene ring substituents is 1. The highest BCUT2D eigenvalue weighted by atomic mass is 16.6. The molecule has 1 heterocycles. The second kappa shape index (κ2) is 7.56. The van der Waals surface area contributed by atoms with Gasteiger partial charge in [-0.05, 0) is 42.3 Å². The summed E-state index contributed by atoms with van der Waals surface area (Å²) >= 11 is 0. The number of ether oxygens (including phenoxy) is 2. The molecule has 3 rings (SSSR count). The van der Waals surface area contributed by atoms with Gasteiger partial charge in [0.25, 0.3) is 5.69 Å². The number of nitrogens with one attached hydrogen (secondary N) is 2. The van der Waals surface area contributed by atoms with Crippen LogP contribution in [0, 0.1) is 10.1 Å². The third kappa shape index (κ3) is 3.92. The van der Waals surface area contributed by atoms with Gasteiger partial charge in [0.2, 0.25) is 0 Å². The Morgan fingerprint density at radius 3 is 2.62 bits per heavy atom. The molecule has 0 saturated carbocycles.